The zero-order valence-electron chi connectivity index (χ0n) is 14.4. The predicted molar refractivity (Wildman–Crippen MR) is 98.7 cm³/mol. The number of halogens is 1. The highest BCUT2D eigenvalue weighted by molar-refractivity contribution is 6.34. The van der Waals surface area contributed by atoms with Crippen molar-refractivity contribution in [2.24, 2.45) is 17.6 Å². The molecule has 1 aromatic carbocycles. The van der Waals surface area contributed by atoms with Crippen LogP contribution in [0, 0.1) is 11.8 Å². The third kappa shape index (κ3) is 4.22. The van der Waals surface area contributed by atoms with Crippen molar-refractivity contribution in [3.63, 3.8) is 0 Å². The van der Waals surface area contributed by atoms with Crippen LogP contribution in [0.25, 0.3) is 0 Å². The number of nitrogens with one attached hydrogen (secondary N) is 1. The quantitative estimate of drug-likeness (QED) is 0.785. The number of carbonyl (C=O) groups is 2. The van der Waals surface area contributed by atoms with Gasteiger partial charge in [-0.25, -0.2) is 0 Å². The van der Waals surface area contributed by atoms with Gasteiger partial charge in [-0.1, -0.05) is 23.7 Å². The van der Waals surface area contributed by atoms with Gasteiger partial charge >= 0.3 is 0 Å². The van der Waals surface area contributed by atoms with Crippen LogP contribution >= 0.6 is 11.6 Å². The van der Waals surface area contributed by atoms with Gasteiger partial charge in [0.1, 0.15) is 0 Å². The number of amides is 1. The van der Waals surface area contributed by atoms with Gasteiger partial charge < -0.3 is 11.1 Å². The van der Waals surface area contributed by atoms with Crippen LogP contribution in [-0.2, 0) is 4.79 Å². The third-order valence-electron chi connectivity index (χ3n) is 5.56. The monoisotopic (exact) mass is 363 g/mol. The summed E-state index contributed by atoms with van der Waals surface area (Å²) >= 11 is 6.29. The van der Waals surface area contributed by atoms with E-state index in [0.29, 0.717) is 16.5 Å². The van der Waals surface area contributed by atoms with E-state index in [0.717, 1.165) is 51.9 Å². The van der Waals surface area contributed by atoms with Crippen LogP contribution in [0.5, 0.6) is 0 Å². The SMILES string of the molecule is NC(=O)C1CCN(C(C(=O)c2ccccc2Cl)C2CCNCC2)CC1. The summed E-state index contributed by atoms with van der Waals surface area (Å²) in [4.78, 5) is 27.0. The number of hydrogen-bond donors (Lipinski definition) is 2. The van der Waals surface area contributed by atoms with E-state index in [1.807, 2.05) is 18.2 Å². The highest BCUT2D eigenvalue weighted by atomic mass is 35.5. The van der Waals surface area contributed by atoms with E-state index in [9.17, 15) is 9.59 Å². The van der Waals surface area contributed by atoms with E-state index in [-0.39, 0.29) is 23.7 Å². The molecule has 3 N–H and O–H groups in total. The number of Topliss-reactive ketones (excluding diaryl/α,β-unsaturated/α-hetero) is 1. The molecule has 3 rings (SSSR count). The summed E-state index contributed by atoms with van der Waals surface area (Å²) in [5, 5.41) is 3.88. The molecule has 1 aromatic rings. The molecule has 2 aliphatic rings. The maximum atomic E-state index is 13.3. The van der Waals surface area contributed by atoms with Crippen LogP contribution < -0.4 is 11.1 Å². The standard InChI is InChI=1S/C19H26ClN3O2/c20-16-4-2-1-3-15(16)18(24)17(13-5-9-22-10-6-13)23-11-7-14(8-12-23)19(21)25/h1-4,13-14,17,22H,5-12H2,(H2,21,25). The molecule has 0 bridgehead atoms. The summed E-state index contributed by atoms with van der Waals surface area (Å²) < 4.78 is 0. The van der Waals surface area contributed by atoms with Gasteiger partial charge in [-0.2, -0.15) is 0 Å². The van der Waals surface area contributed by atoms with Crippen molar-refractivity contribution in [3.05, 3.63) is 34.9 Å². The number of piperidine rings is 2. The second-order valence-corrected chi connectivity index (χ2v) is 7.50. The first-order chi connectivity index (χ1) is 12.1. The van der Waals surface area contributed by atoms with E-state index in [1.165, 1.54) is 0 Å². The average Bonchev–Trinajstić information content (AvgIpc) is 2.63. The summed E-state index contributed by atoms with van der Waals surface area (Å²) in [5.74, 6) is 0.126. The molecule has 2 aliphatic heterocycles. The summed E-state index contributed by atoms with van der Waals surface area (Å²) in [5.41, 5.74) is 6.05. The minimum absolute atomic E-state index is 0.0691. The predicted octanol–water partition coefficient (Wildman–Crippen LogP) is 2.09. The Morgan fingerprint density at radius 3 is 2.36 bits per heavy atom. The largest absolute Gasteiger partial charge is 0.369 e. The van der Waals surface area contributed by atoms with Crippen molar-refractivity contribution < 1.29 is 9.59 Å². The van der Waals surface area contributed by atoms with Crippen molar-refractivity contribution in [3.8, 4) is 0 Å². The number of nitrogens with zero attached hydrogens (tertiary/aromatic N) is 1. The molecule has 0 spiro atoms. The van der Waals surface area contributed by atoms with Crippen LogP contribution in [0.2, 0.25) is 5.02 Å². The summed E-state index contributed by atoms with van der Waals surface area (Å²) in [6.07, 6.45) is 3.42. The number of rotatable bonds is 5. The molecule has 2 saturated heterocycles. The third-order valence-corrected chi connectivity index (χ3v) is 5.89. The molecular weight excluding hydrogens is 338 g/mol. The second kappa shape index (κ2) is 8.30. The average molecular weight is 364 g/mol. The van der Waals surface area contributed by atoms with Gasteiger partial charge in [0, 0.05) is 11.5 Å². The minimum atomic E-state index is -0.226. The molecule has 2 heterocycles. The Morgan fingerprint density at radius 1 is 1.12 bits per heavy atom. The number of nitrogens with two attached hydrogens (primary N) is 1. The van der Waals surface area contributed by atoms with Crippen LogP contribution in [0.4, 0.5) is 0 Å². The van der Waals surface area contributed by atoms with E-state index >= 15 is 0 Å². The fourth-order valence-corrected chi connectivity index (χ4v) is 4.35. The lowest BCUT2D eigenvalue weighted by atomic mass is 9.83. The molecule has 1 amide bonds. The minimum Gasteiger partial charge on any atom is -0.369 e. The Kier molecular flexibility index (Phi) is 6.10. The Hall–Kier alpha value is -1.43. The number of ketones is 1. The Labute approximate surface area is 153 Å². The molecule has 25 heavy (non-hydrogen) atoms. The molecule has 0 aliphatic carbocycles. The van der Waals surface area contributed by atoms with Gasteiger partial charge in [-0.15, -0.1) is 0 Å². The molecule has 2 fully saturated rings. The Morgan fingerprint density at radius 2 is 1.76 bits per heavy atom. The lowest BCUT2D eigenvalue weighted by Gasteiger charge is -2.41. The van der Waals surface area contributed by atoms with Gasteiger partial charge in [-0.05, 0) is 69.9 Å². The lowest BCUT2D eigenvalue weighted by Crippen LogP contribution is -2.52. The molecule has 0 radical (unpaired) electrons. The highest BCUT2D eigenvalue weighted by Crippen LogP contribution is 2.30. The Balaban J connectivity index is 1.82. The fraction of sp³-hybridized carbons (Fsp3) is 0.579. The van der Waals surface area contributed by atoms with Crippen molar-refractivity contribution in [1.29, 1.82) is 0 Å². The summed E-state index contributed by atoms with van der Waals surface area (Å²) in [7, 11) is 0. The number of hydrogen-bond acceptors (Lipinski definition) is 4. The maximum absolute atomic E-state index is 13.3. The molecule has 5 nitrogen and oxygen atoms in total. The first-order valence-electron chi connectivity index (χ1n) is 9.10. The van der Waals surface area contributed by atoms with Crippen LogP contribution in [-0.4, -0.2) is 48.8 Å². The van der Waals surface area contributed by atoms with Crippen LogP contribution in [0.15, 0.2) is 24.3 Å². The van der Waals surface area contributed by atoms with Crippen LogP contribution in [0.3, 0.4) is 0 Å². The number of primary amides is 1. The number of benzene rings is 1. The lowest BCUT2D eigenvalue weighted by molar-refractivity contribution is -0.123. The van der Waals surface area contributed by atoms with Gasteiger partial charge in [0.25, 0.3) is 0 Å². The smallest absolute Gasteiger partial charge is 0.220 e. The van der Waals surface area contributed by atoms with Crippen molar-refractivity contribution in [2.75, 3.05) is 26.2 Å². The van der Waals surface area contributed by atoms with Gasteiger partial charge in [0.2, 0.25) is 5.91 Å². The first-order valence-corrected chi connectivity index (χ1v) is 9.48. The molecular formula is C19H26ClN3O2. The van der Waals surface area contributed by atoms with E-state index in [1.54, 1.807) is 6.07 Å². The molecule has 1 unspecified atom stereocenters. The fourth-order valence-electron chi connectivity index (χ4n) is 4.12. The molecule has 6 heteroatoms. The normalized spacial score (nSPS) is 21.8. The van der Waals surface area contributed by atoms with Gasteiger partial charge in [0.05, 0.1) is 11.1 Å². The zero-order chi connectivity index (χ0) is 17.8. The number of likely N-dealkylation sites (tertiary alicyclic amines) is 1. The molecule has 1 atom stereocenters. The molecule has 0 saturated carbocycles. The maximum Gasteiger partial charge on any atom is 0.220 e. The van der Waals surface area contributed by atoms with Gasteiger partial charge in [-0.3, -0.25) is 14.5 Å². The van der Waals surface area contributed by atoms with Crippen molar-refractivity contribution in [2.45, 2.75) is 31.7 Å². The highest BCUT2D eigenvalue weighted by Gasteiger charge is 2.37. The van der Waals surface area contributed by atoms with Gasteiger partial charge in [0.15, 0.2) is 5.78 Å². The van der Waals surface area contributed by atoms with Crippen molar-refractivity contribution in [1.82, 2.24) is 10.2 Å². The summed E-state index contributed by atoms with van der Waals surface area (Å²) in [6.45, 7) is 3.35. The van der Waals surface area contributed by atoms with E-state index in [4.69, 9.17) is 17.3 Å². The van der Waals surface area contributed by atoms with Crippen molar-refractivity contribution >= 4 is 23.3 Å². The molecule has 0 aromatic heterocycles. The molecule has 136 valence electrons. The second-order valence-electron chi connectivity index (χ2n) is 7.09. The van der Waals surface area contributed by atoms with Crippen LogP contribution in [0.1, 0.15) is 36.0 Å². The topological polar surface area (TPSA) is 75.4 Å². The first kappa shape index (κ1) is 18.4. The van der Waals surface area contributed by atoms with E-state index < -0.39 is 0 Å². The summed E-state index contributed by atoms with van der Waals surface area (Å²) in [6, 6.07) is 7.12. The zero-order valence-corrected chi connectivity index (χ0v) is 15.2. The number of carbonyl (C=O) groups excluding carboxylic acids is 2. The Bertz CT molecular complexity index is 623. The van der Waals surface area contributed by atoms with E-state index in [2.05, 4.69) is 10.2 Å².